The standard InChI is InChI=1S/C38H20N2O2/c39-21-23-15-16-28(27(17-23)22-40)24-18-25(29-9-6-14-36-37(29)33-8-2-4-13-35(33)41-36)20-26(19-24)30-10-5-11-32-31-7-1-3-12-34(31)42-38(30)32/h1-20H. The molecule has 0 atom stereocenters. The molecule has 8 rings (SSSR count). The van der Waals surface area contributed by atoms with Gasteiger partial charge in [-0.05, 0) is 76.3 Å². The van der Waals surface area contributed by atoms with E-state index >= 15 is 0 Å². The maximum atomic E-state index is 10.0. The van der Waals surface area contributed by atoms with Crippen LogP contribution in [0.4, 0.5) is 0 Å². The lowest BCUT2D eigenvalue weighted by atomic mass is 9.89. The summed E-state index contributed by atoms with van der Waals surface area (Å²) in [6.45, 7) is 0. The van der Waals surface area contributed by atoms with Crippen LogP contribution < -0.4 is 0 Å². The highest BCUT2D eigenvalue weighted by Gasteiger charge is 2.18. The second kappa shape index (κ2) is 9.24. The van der Waals surface area contributed by atoms with Crippen LogP contribution in [0.1, 0.15) is 11.1 Å². The first-order valence-corrected chi connectivity index (χ1v) is 13.6. The summed E-state index contributed by atoms with van der Waals surface area (Å²) in [4.78, 5) is 0. The third kappa shape index (κ3) is 3.60. The molecule has 2 aromatic heterocycles. The van der Waals surface area contributed by atoms with Gasteiger partial charge in [0.1, 0.15) is 22.3 Å². The van der Waals surface area contributed by atoms with Gasteiger partial charge in [-0.15, -0.1) is 0 Å². The predicted octanol–water partition coefficient (Wildman–Crippen LogP) is 10.2. The van der Waals surface area contributed by atoms with Crippen LogP contribution in [0, 0.1) is 22.7 Å². The Bertz CT molecular complexity index is 2450. The van der Waals surface area contributed by atoms with Crippen molar-refractivity contribution in [3.8, 4) is 45.5 Å². The Hall–Kier alpha value is -6.10. The SMILES string of the molecule is N#Cc1ccc(-c2cc(-c3cccc4c3oc3ccccc34)cc(-c3cccc4oc5ccccc5c34)c2)c(C#N)c1. The first-order chi connectivity index (χ1) is 20.7. The Morgan fingerprint density at radius 1 is 0.452 bits per heavy atom. The molecule has 0 spiro atoms. The summed E-state index contributed by atoms with van der Waals surface area (Å²) in [5.41, 5.74) is 9.79. The van der Waals surface area contributed by atoms with Gasteiger partial charge in [0.15, 0.2) is 0 Å². The van der Waals surface area contributed by atoms with Gasteiger partial charge in [0, 0.05) is 27.1 Å². The van der Waals surface area contributed by atoms with Crippen molar-refractivity contribution in [2.45, 2.75) is 0 Å². The Morgan fingerprint density at radius 3 is 1.86 bits per heavy atom. The second-order valence-corrected chi connectivity index (χ2v) is 10.3. The van der Waals surface area contributed by atoms with Gasteiger partial charge in [-0.2, -0.15) is 10.5 Å². The summed E-state index contributed by atoms with van der Waals surface area (Å²) in [7, 11) is 0. The van der Waals surface area contributed by atoms with Crippen molar-refractivity contribution in [2.24, 2.45) is 0 Å². The first kappa shape index (κ1) is 23.8. The van der Waals surface area contributed by atoms with E-state index in [9.17, 15) is 10.5 Å². The molecule has 4 nitrogen and oxygen atoms in total. The molecule has 8 aromatic rings. The molecule has 0 bridgehead atoms. The van der Waals surface area contributed by atoms with E-state index in [1.807, 2.05) is 54.6 Å². The van der Waals surface area contributed by atoms with Crippen molar-refractivity contribution in [1.82, 2.24) is 0 Å². The fraction of sp³-hybridized carbons (Fsp3) is 0. The number of nitrogens with zero attached hydrogens (tertiary/aromatic N) is 2. The lowest BCUT2D eigenvalue weighted by molar-refractivity contribution is 0.669. The maximum Gasteiger partial charge on any atom is 0.143 e. The molecule has 194 valence electrons. The Labute approximate surface area is 240 Å². The molecule has 0 fully saturated rings. The quantitative estimate of drug-likeness (QED) is 0.225. The average Bonchev–Trinajstić information content (AvgIpc) is 3.62. The molecule has 0 N–H and O–H groups in total. The van der Waals surface area contributed by atoms with Gasteiger partial charge < -0.3 is 8.83 Å². The number of benzene rings is 6. The van der Waals surface area contributed by atoms with E-state index in [1.54, 1.807) is 12.1 Å². The topological polar surface area (TPSA) is 73.9 Å². The minimum Gasteiger partial charge on any atom is -0.456 e. The van der Waals surface area contributed by atoms with E-state index < -0.39 is 0 Å². The van der Waals surface area contributed by atoms with Crippen LogP contribution in [0.3, 0.4) is 0 Å². The number of furan rings is 2. The third-order valence-corrected chi connectivity index (χ3v) is 7.94. The van der Waals surface area contributed by atoms with Crippen LogP contribution in [-0.4, -0.2) is 0 Å². The van der Waals surface area contributed by atoms with E-state index in [2.05, 4.69) is 66.7 Å². The van der Waals surface area contributed by atoms with Gasteiger partial charge in [-0.25, -0.2) is 0 Å². The molecule has 0 aliphatic heterocycles. The van der Waals surface area contributed by atoms with Crippen molar-refractivity contribution in [3.63, 3.8) is 0 Å². The van der Waals surface area contributed by atoms with Crippen LogP contribution in [0.5, 0.6) is 0 Å². The largest absolute Gasteiger partial charge is 0.456 e. The molecule has 0 saturated carbocycles. The van der Waals surface area contributed by atoms with Gasteiger partial charge in [-0.3, -0.25) is 0 Å². The molecule has 0 amide bonds. The molecule has 0 saturated heterocycles. The van der Waals surface area contributed by atoms with Crippen molar-refractivity contribution >= 4 is 43.9 Å². The minimum atomic E-state index is 0.450. The summed E-state index contributed by atoms with van der Waals surface area (Å²) in [6, 6.07) is 44.6. The van der Waals surface area contributed by atoms with Crippen LogP contribution in [0.15, 0.2) is 130 Å². The summed E-state index contributed by atoms with van der Waals surface area (Å²) in [6.07, 6.45) is 0. The number of hydrogen-bond donors (Lipinski definition) is 0. The smallest absolute Gasteiger partial charge is 0.143 e. The van der Waals surface area contributed by atoms with Gasteiger partial charge in [0.05, 0.1) is 23.3 Å². The number of nitriles is 2. The number of fused-ring (bicyclic) bond motifs is 6. The molecular weight excluding hydrogens is 516 g/mol. The molecule has 0 unspecified atom stereocenters. The van der Waals surface area contributed by atoms with E-state index in [-0.39, 0.29) is 0 Å². The number of rotatable bonds is 3. The molecule has 6 aromatic carbocycles. The molecule has 0 aliphatic carbocycles. The van der Waals surface area contributed by atoms with E-state index in [4.69, 9.17) is 8.83 Å². The molecule has 42 heavy (non-hydrogen) atoms. The van der Waals surface area contributed by atoms with E-state index in [0.717, 1.165) is 77.3 Å². The molecule has 4 heteroatoms. The molecule has 0 radical (unpaired) electrons. The van der Waals surface area contributed by atoms with Crippen molar-refractivity contribution in [3.05, 3.63) is 132 Å². The lowest BCUT2D eigenvalue weighted by Crippen LogP contribution is -1.90. The highest BCUT2D eigenvalue weighted by Crippen LogP contribution is 2.42. The van der Waals surface area contributed by atoms with Gasteiger partial charge in [0.2, 0.25) is 0 Å². The van der Waals surface area contributed by atoms with E-state index in [0.29, 0.717) is 11.1 Å². The number of hydrogen-bond acceptors (Lipinski definition) is 4. The van der Waals surface area contributed by atoms with Crippen molar-refractivity contribution in [2.75, 3.05) is 0 Å². The van der Waals surface area contributed by atoms with Crippen LogP contribution in [0.2, 0.25) is 0 Å². The van der Waals surface area contributed by atoms with Crippen LogP contribution in [-0.2, 0) is 0 Å². The third-order valence-electron chi connectivity index (χ3n) is 7.94. The minimum absolute atomic E-state index is 0.450. The van der Waals surface area contributed by atoms with Gasteiger partial charge in [0.25, 0.3) is 0 Å². The number of para-hydroxylation sites is 3. The highest BCUT2D eigenvalue weighted by atomic mass is 16.3. The Balaban J connectivity index is 1.45. The first-order valence-electron chi connectivity index (χ1n) is 13.6. The highest BCUT2D eigenvalue weighted by molar-refractivity contribution is 6.13. The summed E-state index contributed by atoms with van der Waals surface area (Å²) < 4.78 is 12.6. The second-order valence-electron chi connectivity index (χ2n) is 10.3. The van der Waals surface area contributed by atoms with Crippen molar-refractivity contribution in [1.29, 1.82) is 10.5 Å². The Morgan fingerprint density at radius 2 is 1.07 bits per heavy atom. The van der Waals surface area contributed by atoms with Crippen LogP contribution in [0.25, 0.3) is 77.3 Å². The molecule has 2 heterocycles. The normalized spacial score (nSPS) is 11.3. The van der Waals surface area contributed by atoms with Gasteiger partial charge in [-0.1, -0.05) is 72.8 Å². The summed E-state index contributed by atoms with van der Waals surface area (Å²) in [5, 5.41) is 23.7. The average molecular weight is 537 g/mol. The monoisotopic (exact) mass is 536 g/mol. The molecular formula is C38H20N2O2. The predicted molar refractivity (Wildman–Crippen MR) is 167 cm³/mol. The zero-order valence-corrected chi connectivity index (χ0v) is 22.3. The maximum absolute atomic E-state index is 10.0. The molecule has 0 aliphatic rings. The van der Waals surface area contributed by atoms with Gasteiger partial charge >= 0.3 is 0 Å². The summed E-state index contributed by atoms with van der Waals surface area (Å²) >= 11 is 0. The zero-order chi connectivity index (χ0) is 28.2. The fourth-order valence-corrected chi connectivity index (χ4v) is 6.04. The van der Waals surface area contributed by atoms with E-state index in [1.165, 1.54) is 0 Å². The fourth-order valence-electron chi connectivity index (χ4n) is 6.04. The summed E-state index contributed by atoms with van der Waals surface area (Å²) in [5.74, 6) is 0. The zero-order valence-electron chi connectivity index (χ0n) is 22.3. The van der Waals surface area contributed by atoms with Crippen molar-refractivity contribution < 1.29 is 8.83 Å². The lowest BCUT2D eigenvalue weighted by Gasteiger charge is -2.13. The van der Waals surface area contributed by atoms with Crippen LogP contribution >= 0.6 is 0 Å². The Kier molecular flexibility index (Phi) is 5.22.